The van der Waals surface area contributed by atoms with Gasteiger partial charge in [0.15, 0.2) is 0 Å². The molecule has 19 heavy (non-hydrogen) atoms. The molecule has 1 heterocycles. The summed E-state index contributed by atoms with van der Waals surface area (Å²) in [5.74, 6) is 0. The maximum Gasteiger partial charge on any atom is 0.103 e. The number of nitriles is 1. The second kappa shape index (κ2) is 8.52. The molecule has 110 valence electrons. The Labute approximate surface area is 118 Å². The topological polar surface area (TPSA) is 48.3 Å². The van der Waals surface area contributed by atoms with E-state index >= 15 is 0 Å². The van der Waals surface area contributed by atoms with Gasteiger partial charge in [0.05, 0.1) is 19.3 Å². The fraction of sp³-hybridized carbons (Fsp3) is 0.933. The van der Waals surface area contributed by atoms with E-state index in [1.807, 2.05) is 6.92 Å². The summed E-state index contributed by atoms with van der Waals surface area (Å²) in [6, 6.07) is 2.98. The lowest BCUT2D eigenvalue weighted by Gasteiger charge is -2.35. The van der Waals surface area contributed by atoms with Crippen molar-refractivity contribution in [1.82, 2.24) is 10.2 Å². The number of nitrogens with zero attached hydrogens (tertiary/aromatic N) is 2. The molecule has 1 saturated heterocycles. The van der Waals surface area contributed by atoms with Gasteiger partial charge in [-0.25, -0.2) is 0 Å². The van der Waals surface area contributed by atoms with Crippen LogP contribution in [0.1, 0.15) is 46.5 Å². The Hall–Kier alpha value is -0.630. The number of nitrogens with one attached hydrogen (secondary N) is 1. The smallest absolute Gasteiger partial charge is 0.103 e. The summed E-state index contributed by atoms with van der Waals surface area (Å²) in [4.78, 5) is 2.51. The third-order valence-corrected chi connectivity index (χ3v) is 3.95. The van der Waals surface area contributed by atoms with E-state index in [1.165, 1.54) is 0 Å². The predicted octanol–water partition coefficient (Wildman–Crippen LogP) is 2.16. The van der Waals surface area contributed by atoms with E-state index < -0.39 is 0 Å². The van der Waals surface area contributed by atoms with Crippen LogP contribution in [0.15, 0.2) is 0 Å². The van der Waals surface area contributed by atoms with E-state index in [4.69, 9.17) is 4.74 Å². The largest absolute Gasteiger partial charge is 0.378 e. The Balaban J connectivity index is 2.33. The molecule has 0 saturated carbocycles. The summed E-state index contributed by atoms with van der Waals surface area (Å²) in [5.41, 5.74) is -0.371. The molecule has 0 aromatic heterocycles. The van der Waals surface area contributed by atoms with Gasteiger partial charge in [-0.2, -0.15) is 5.26 Å². The Morgan fingerprint density at radius 3 is 2.89 bits per heavy atom. The van der Waals surface area contributed by atoms with Crippen molar-refractivity contribution < 1.29 is 4.74 Å². The van der Waals surface area contributed by atoms with Gasteiger partial charge in [-0.3, -0.25) is 10.2 Å². The van der Waals surface area contributed by atoms with Gasteiger partial charge in [0.25, 0.3) is 0 Å². The summed E-state index contributed by atoms with van der Waals surface area (Å²) in [7, 11) is 0. The number of hydrogen-bond donors (Lipinski definition) is 1. The summed E-state index contributed by atoms with van der Waals surface area (Å²) < 4.78 is 5.52. The van der Waals surface area contributed by atoms with Gasteiger partial charge in [-0.05, 0) is 45.7 Å². The van der Waals surface area contributed by atoms with Crippen LogP contribution in [-0.2, 0) is 4.74 Å². The maximum absolute atomic E-state index is 9.30. The zero-order chi connectivity index (χ0) is 14.1. The fourth-order valence-electron chi connectivity index (χ4n) is 2.58. The minimum absolute atomic E-state index is 0.371. The lowest BCUT2D eigenvalue weighted by atomic mass is 9.97. The molecule has 4 nitrogen and oxygen atoms in total. The quantitative estimate of drug-likeness (QED) is 0.732. The van der Waals surface area contributed by atoms with Crippen LogP contribution in [-0.4, -0.2) is 49.3 Å². The first-order chi connectivity index (χ1) is 9.15. The predicted molar refractivity (Wildman–Crippen MR) is 78.0 cm³/mol. The van der Waals surface area contributed by atoms with Crippen LogP contribution in [0.3, 0.4) is 0 Å². The standard InChI is InChI=1S/C15H29N3O/c1-4-8-17-15(3,13-16)7-6-9-18-10-11-19-12-14(18)5-2/h14,17H,4-12H2,1-3H3. The summed E-state index contributed by atoms with van der Waals surface area (Å²) in [5, 5.41) is 12.7. The van der Waals surface area contributed by atoms with Crippen molar-refractivity contribution in [1.29, 1.82) is 5.26 Å². The zero-order valence-corrected chi connectivity index (χ0v) is 12.7. The first kappa shape index (κ1) is 16.4. The molecule has 0 aliphatic carbocycles. The van der Waals surface area contributed by atoms with E-state index in [0.29, 0.717) is 6.04 Å². The Bertz CT molecular complexity index is 290. The van der Waals surface area contributed by atoms with E-state index in [2.05, 4.69) is 30.1 Å². The van der Waals surface area contributed by atoms with E-state index in [1.54, 1.807) is 0 Å². The molecule has 0 spiro atoms. The molecule has 1 aliphatic heterocycles. The zero-order valence-electron chi connectivity index (χ0n) is 12.7. The van der Waals surface area contributed by atoms with Crippen LogP contribution in [0.25, 0.3) is 0 Å². The van der Waals surface area contributed by atoms with Crippen LogP contribution in [0.2, 0.25) is 0 Å². The van der Waals surface area contributed by atoms with Gasteiger partial charge in [-0.1, -0.05) is 13.8 Å². The SMILES string of the molecule is CCCNC(C)(C#N)CCCN1CCOCC1CC. The van der Waals surface area contributed by atoms with Gasteiger partial charge in [0, 0.05) is 12.6 Å². The Kier molecular flexibility index (Phi) is 7.37. The molecule has 1 N–H and O–H groups in total. The average molecular weight is 267 g/mol. The van der Waals surface area contributed by atoms with E-state index in [9.17, 15) is 5.26 Å². The van der Waals surface area contributed by atoms with E-state index in [0.717, 1.165) is 58.5 Å². The molecule has 4 heteroatoms. The van der Waals surface area contributed by atoms with Crippen LogP contribution in [0, 0.1) is 11.3 Å². The number of ether oxygens (including phenoxy) is 1. The summed E-state index contributed by atoms with van der Waals surface area (Å²) in [6.45, 7) is 11.1. The molecular weight excluding hydrogens is 238 g/mol. The van der Waals surface area contributed by atoms with Crippen molar-refractivity contribution in [2.75, 3.05) is 32.8 Å². The van der Waals surface area contributed by atoms with Crippen molar-refractivity contribution in [3.8, 4) is 6.07 Å². The minimum Gasteiger partial charge on any atom is -0.378 e. The maximum atomic E-state index is 9.30. The van der Waals surface area contributed by atoms with Crippen molar-refractivity contribution in [2.24, 2.45) is 0 Å². The first-order valence-electron chi connectivity index (χ1n) is 7.63. The molecule has 0 aromatic rings. The molecule has 1 rings (SSSR count). The molecule has 0 amide bonds. The lowest BCUT2D eigenvalue weighted by molar-refractivity contribution is -0.00958. The van der Waals surface area contributed by atoms with Crippen LogP contribution < -0.4 is 5.32 Å². The highest BCUT2D eigenvalue weighted by molar-refractivity contribution is 5.03. The first-order valence-corrected chi connectivity index (χ1v) is 7.63. The van der Waals surface area contributed by atoms with Gasteiger partial charge >= 0.3 is 0 Å². The Morgan fingerprint density at radius 2 is 2.26 bits per heavy atom. The second-order valence-electron chi connectivity index (χ2n) is 5.65. The number of morpholine rings is 1. The number of hydrogen-bond acceptors (Lipinski definition) is 4. The van der Waals surface area contributed by atoms with Crippen molar-refractivity contribution in [3.05, 3.63) is 0 Å². The van der Waals surface area contributed by atoms with Crippen LogP contribution >= 0.6 is 0 Å². The highest BCUT2D eigenvalue weighted by Crippen LogP contribution is 2.15. The summed E-state index contributed by atoms with van der Waals surface area (Å²) in [6.07, 6.45) is 4.19. The van der Waals surface area contributed by atoms with Crippen molar-refractivity contribution in [3.63, 3.8) is 0 Å². The molecule has 0 aromatic carbocycles. The van der Waals surface area contributed by atoms with Gasteiger partial charge < -0.3 is 4.74 Å². The molecule has 2 unspecified atom stereocenters. The molecule has 0 bridgehead atoms. The molecular formula is C15H29N3O. The monoisotopic (exact) mass is 267 g/mol. The van der Waals surface area contributed by atoms with Crippen LogP contribution in [0.4, 0.5) is 0 Å². The van der Waals surface area contributed by atoms with Gasteiger partial charge in [-0.15, -0.1) is 0 Å². The average Bonchev–Trinajstić information content (AvgIpc) is 2.45. The van der Waals surface area contributed by atoms with Gasteiger partial charge in [0.2, 0.25) is 0 Å². The van der Waals surface area contributed by atoms with Crippen molar-refractivity contribution >= 4 is 0 Å². The highest BCUT2D eigenvalue weighted by Gasteiger charge is 2.25. The molecule has 1 aliphatic rings. The molecule has 0 radical (unpaired) electrons. The van der Waals surface area contributed by atoms with Crippen molar-refractivity contribution in [2.45, 2.75) is 58.0 Å². The highest BCUT2D eigenvalue weighted by atomic mass is 16.5. The molecule has 1 fully saturated rings. The third-order valence-electron chi connectivity index (χ3n) is 3.95. The van der Waals surface area contributed by atoms with E-state index in [-0.39, 0.29) is 5.54 Å². The normalized spacial score (nSPS) is 23.8. The summed E-state index contributed by atoms with van der Waals surface area (Å²) >= 11 is 0. The molecule has 2 atom stereocenters. The number of rotatable bonds is 8. The fourth-order valence-corrected chi connectivity index (χ4v) is 2.58. The second-order valence-corrected chi connectivity index (χ2v) is 5.65. The lowest BCUT2D eigenvalue weighted by Crippen LogP contribution is -2.46. The third kappa shape index (κ3) is 5.48. The minimum atomic E-state index is -0.371. The van der Waals surface area contributed by atoms with Crippen LogP contribution in [0.5, 0.6) is 0 Å². The Morgan fingerprint density at radius 1 is 1.47 bits per heavy atom. The van der Waals surface area contributed by atoms with Gasteiger partial charge in [0.1, 0.15) is 5.54 Å².